The molecule has 2 aromatic heterocycles. The van der Waals surface area contributed by atoms with Crippen LogP contribution in [0.15, 0.2) is 48.8 Å². The van der Waals surface area contributed by atoms with Gasteiger partial charge in [-0.25, -0.2) is 4.98 Å². The van der Waals surface area contributed by atoms with Gasteiger partial charge in [0.2, 0.25) is 5.91 Å². The number of carbonyl (C=O) groups is 1. The second-order valence-corrected chi connectivity index (χ2v) is 8.77. The summed E-state index contributed by atoms with van der Waals surface area (Å²) in [4.78, 5) is 26.0. The quantitative estimate of drug-likeness (QED) is 0.504. The number of methoxy groups -OCH3 is 1. The van der Waals surface area contributed by atoms with Gasteiger partial charge in [0.05, 0.1) is 31.0 Å². The zero-order chi connectivity index (χ0) is 23.5. The summed E-state index contributed by atoms with van der Waals surface area (Å²) in [5, 5.41) is 10.0. The number of carbonyl (C=O) groups excluding carboxylic acids is 1. The molecule has 2 atom stereocenters. The first kappa shape index (κ1) is 22.1. The van der Waals surface area contributed by atoms with Gasteiger partial charge in [-0.05, 0) is 49.1 Å². The van der Waals surface area contributed by atoms with Crippen LogP contribution in [-0.4, -0.2) is 66.3 Å². The number of nitrogens with zero attached hydrogens (tertiary/aromatic N) is 5. The number of nitriles is 1. The molecule has 8 heteroatoms. The van der Waals surface area contributed by atoms with Gasteiger partial charge in [-0.2, -0.15) is 5.26 Å². The average Bonchev–Trinajstić information content (AvgIpc) is 3.14. The van der Waals surface area contributed by atoms with E-state index in [4.69, 9.17) is 14.7 Å². The molecule has 2 saturated heterocycles. The molecule has 0 aliphatic carbocycles. The minimum absolute atomic E-state index is 0.0330. The lowest BCUT2D eigenvalue weighted by Gasteiger charge is -2.41. The minimum Gasteiger partial charge on any atom is -0.495 e. The number of pyridine rings is 2. The predicted octanol–water partition coefficient (Wildman–Crippen LogP) is 2.95. The number of piperazine rings is 1. The molecular weight excluding hydrogens is 430 g/mol. The standard InChI is InChI=1S/C26H27N5O3/c1-33-22-11-23-19(3-2-4-24(23)28-14-22)9-10-34-17-26(32)30-15-20-6-7-21(16-30)31(20)25-8-5-18(12-27)13-29-25/h2-5,8,11,13-14,20-21H,6-7,9-10,15-17H2,1H3. The van der Waals surface area contributed by atoms with Gasteiger partial charge in [-0.1, -0.05) is 12.1 Å². The van der Waals surface area contributed by atoms with Gasteiger partial charge in [0.25, 0.3) is 0 Å². The summed E-state index contributed by atoms with van der Waals surface area (Å²) in [5.41, 5.74) is 2.60. The molecule has 0 N–H and O–H groups in total. The van der Waals surface area contributed by atoms with E-state index in [1.165, 1.54) is 0 Å². The molecule has 2 aliphatic heterocycles. The van der Waals surface area contributed by atoms with Crippen molar-refractivity contribution in [2.24, 2.45) is 0 Å². The number of likely N-dealkylation sites (tertiary alicyclic amines) is 1. The minimum atomic E-state index is 0.0330. The highest BCUT2D eigenvalue weighted by Crippen LogP contribution is 2.34. The number of benzene rings is 1. The van der Waals surface area contributed by atoms with Gasteiger partial charge >= 0.3 is 0 Å². The number of ether oxygens (including phenoxy) is 2. The van der Waals surface area contributed by atoms with E-state index in [-0.39, 0.29) is 24.6 Å². The first-order valence-corrected chi connectivity index (χ1v) is 11.6. The van der Waals surface area contributed by atoms with Crippen LogP contribution in [-0.2, 0) is 16.0 Å². The Labute approximate surface area is 198 Å². The number of hydrogen-bond donors (Lipinski definition) is 0. The third-order valence-electron chi connectivity index (χ3n) is 6.74. The molecule has 8 nitrogen and oxygen atoms in total. The first-order valence-electron chi connectivity index (χ1n) is 11.6. The molecule has 5 rings (SSSR count). The molecule has 2 aliphatic rings. The average molecular weight is 458 g/mol. The van der Waals surface area contributed by atoms with E-state index in [1.54, 1.807) is 25.6 Å². The van der Waals surface area contributed by atoms with Crippen molar-refractivity contribution < 1.29 is 14.3 Å². The molecular formula is C26H27N5O3. The maximum atomic E-state index is 12.9. The second kappa shape index (κ2) is 9.65. The zero-order valence-electron chi connectivity index (χ0n) is 19.2. The van der Waals surface area contributed by atoms with E-state index in [0.717, 1.165) is 40.9 Å². The molecule has 0 spiro atoms. The van der Waals surface area contributed by atoms with Gasteiger partial charge in [-0.15, -0.1) is 0 Å². The fraction of sp³-hybridized carbons (Fsp3) is 0.385. The number of anilines is 1. The predicted molar refractivity (Wildman–Crippen MR) is 128 cm³/mol. The maximum absolute atomic E-state index is 12.9. The topological polar surface area (TPSA) is 91.6 Å². The molecule has 34 heavy (non-hydrogen) atoms. The highest BCUT2D eigenvalue weighted by Gasteiger charge is 2.41. The van der Waals surface area contributed by atoms with Crippen LogP contribution in [0.4, 0.5) is 5.82 Å². The van der Waals surface area contributed by atoms with Crippen molar-refractivity contribution in [3.63, 3.8) is 0 Å². The Bertz CT molecular complexity index is 1210. The van der Waals surface area contributed by atoms with E-state index < -0.39 is 0 Å². The third-order valence-corrected chi connectivity index (χ3v) is 6.74. The number of rotatable bonds is 7. The lowest BCUT2D eigenvalue weighted by atomic mass is 10.1. The highest BCUT2D eigenvalue weighted by atomic mass is 16.5. The van der Waals surface area contributed by atoms with Gasteiger partial charge in [0.15, 0.2) is 0 Å². The molecule has 0 radical (unpaired) electrons. The first-order chi connectivity index (χ1) is 16.7. The van der Waals surface area contributed by atoms with Crippen LogP contribution in [0.2, 0.25) is 0 Å². The number of hydrogen-bond acceptors (Lipinski definition) is 7. The fourth-order valence-electron chi connectivity index (χ4n) is 5.04. The van der Waals surface area contributed by atoms with Crippen LogP contribution in [0.5, 0.6) is 5.75 Å². The monoisotopic (exact) mass is 457 g/mol. The SMILES string of the molecule is COc1cnc2cccc(CCOCC(=O)N3CC4CCC(C3)N4c3ccc(C#N)cn3)c2c1. The molecule has 1 aromatic carbocycles. The largest absolute Gasteiger partial charge is 0.495 e. The Morgan fingerprint density at radius 3 is 2.68 bits per heavy atom. The van der Waals surface area contributed by atoms with E-state index in [1.807, 2.05) is 29.2 Å². The summed E-state index contributed by atoms with van der Waals surface area (Å²) < 4.78 is 11.1. The van der Waals surface area contributed by atoms with Crippen molar-refractivity contribution in [2.45, 2.75) is 31.3 Å². The van der Waals surface area contributed by atoms with Crippen molar-refractivity contribution in [1.82, 2.24) is 14.9 Å². The van der Waals surface area contributed by atoms with E-state index >= 15 is 0 Å². The van der Waals surface area contributed by atoms with Crippen molar-refractivity contribution in [3.05, 3.63) is 59.9 Å². The van der Waals surface area contributed by atoms with Crippen LogP contribution in [0.1, 0.15) is 24.0 Å². The summed E-state index contributed by atoms with van der Waals surface area (Å²) in [5.74, 6) is 1.64. The number of aromatic nitrogens is 2. The van der Waals surface area contributed by atoms with E-state index in [9.17, 15) is 4.79 Å². The van der Waals surface area contributed by atoms with Crippen LogP contribution in [0.3, 0.4) is 0 Å². The molecule has 2 unspecified atom stereocenters. The Balaban J connectivity index is 1.15. The molecule has 4 heterocycles. The van der Waals surface area contributed by atoms with Gasteiger partial charge in [0.1, 0.15) is 24.2 Å². The highest BCUT2D eigenvalue weighted by molar-refractivity contribution is 5.83. The summed E-state index contributed by atoms with van der Waals surface area (Å²) >= 11 is 0. The lowest BCUT2D eigenvalue weighted by molar-refractivity contribution is -0.137. The number of fused-ring (bicyclic) bond motifs is 3. The van der Waals surface area contributed by atoms with Crippen LogP contribution < -0.4 is 9.64 Å². The van der Waals surface area contributed by atoms with Crippen molar-refractivity contribution in [2.75, 3.05) is 38.3 Å². The van der Waals surface area contributed by atoms with E-state index in [2.05, 4.69) is 27.0 Å². The van der Waals surface area contributed by atoms with Crippen molar-refractivity contribution >= 4 is 22.6 Å². The summed E-state index contributed by atoms with van der Waals surface area (Å²) in [6.07, 6.45) is 6.10. The van der Waals surface area contributed by atoms with Gasteiger partial charge < -0.3 is 19.3 Å². The summed E-state index contributed by atoms with van der Waals surface area (Å²) in [6.45, 7) is 1.90. The molecule has 0 saturated carbocycles. The van der Waals surface area contributed by atoms with Crippen LogP contribution in [0.25, 0.3) is 10.9 Å². The smallest absolute Gasteiger partial charge is 0.248 e. The third kappa shape index (κ3) is 4.39. The van der Waals surface area contributed by atoms with Crippen molar-refractivity contribution in [1.29, 1.82) is 5.26 Å². The molecule has 2 bridgehead atoms. The van der Waals surface area contributed by atoms with Crippen LogP contribution >= 0.6 is 0 Å². The molecule has 3 aromatic rings. The lowest BCUT2D eigenvalue weighted by Crippen LogP contribution is -2.56. The molecule has 2 fully saturated rings. The number of amides is 1. The summed E-state index contributed by atoms with van der Waals surface area (Å²) in [7, 11) is 1.63. The van der Waals surface area contributed by atoms with E-state index in [0.29, 0.717) is 31.7 Å². The summed E-state index contributed by atoms with van der Waals surface area (Å²) in [6, 6.07) is 14.3. The Morgan fingerprint density at radius 2 is 1.97 bits per heavy atom. The maximum Gasteiger partial charge on any atom is 0.248 e. The fourth-order valence-corrected chi connectivity index (χ4v) is 5.04. The Kier molecular flexibility index (Phi) is 6.28. The second-order valence-electron chi connectivity index (χ2n) is 8.77. The molecule has 174 valence electrons. The zero-order valence-corrected chi connectivity index (χ0v) is 19.2. The van der Waals surface area contributed by atoms with Crippen molar-refractivity contribution in [3.8, 4) is 11.8 Å². The Morgan fingerprint density at radius 1 is 1.15 bits per heavy atom. The van der Waals surface area contributed by atoms with Crippen LogP contribution in [0, 0.1) is 11.3 Å². The molecule has 1 amide bonds. The normalized spacial score (nSPS) is 19.3. The Hall–Kier alpha value is -3.70. The van der Waals surface area contributed by atoms with Gasteiger partial charge in [-0.3, -0.25) is 9.78 Å². The van der Waals surface area contributed by atoms with Gasteiger partial charge in [0, 0.05) is 36.8 Å².